The number of nitrogens with zero attached hydrogens (tertiary/aromatic N) is 1. The largest absolute Gasteiger partial charge is 0.368 e. The van der Waals surface area contributed by atoms with E-state index in [1.165, 1.54) is 0 Å². The minimum Gasteiger partial charge on any atom is -0.368 e. The van der Waals surface area contributed by atoms with Crippen LogP contribution in [0, 0.1) is 16.0 Å². The van der Waals surface area contributed by atoms with Crippen molar-refractivity contribution in [3.05, 3.63) is 37.9 Å². The van der Waals surface area contributed by atoms with Gasteiger partial charge in [-0.1, -0.05) is 37.0 Å². The van der Waals surface area contributed by atoms with Crippen LogP contribution in [0.15, 0.2) is 12.1 Å². The highest BCUT2D eigenvalue weighted by molar-refractivity contribution is 6.44. The lowest BCUT2D eigenvalue weighted by Crippen LogP contribution is -2.47. The molecule has 3 N–H and O–H groups in total. The molecule has 1 aromatic carbocycles. The van der Waals surface area contributed by atoms with Crippen molar-refractivity contribution in [3.63, 3.8) is 0 Å². The Labute approximate surface area is 130 Å². The fourth-order valence-corrected chi connectivity index (χ4v) is 2.04. The predicted octanol–water partition coefficient (Wildman–Crippen LogP) is 2.14. The smallest absolute Gasteiger partial charge is 0.271 e. The van der Waals surface area contributed by atoms with E-state index in [-0.39, 0.29) is 27.2 Å². The highest BCUT2D eigenvalue weighted by atomic mass is 35.5. The van der Waals surface area contributed by atoms with E-state index < -0.39 is 22.8 Å². The molecule has 1 rings (SSSR count). The number of nitro benzene ring substituents is 1. The molecule has 1 unspecified atom stereocenters. The molecule has 1 atom stereocenters. The van der Waals surface area contributed by atoms with Gasteiger partial charge in [-0.25, -0.2) is 0 Å². The Morgan fingerprint density at radius 3 is 2.33 bits per heavy atom. The molecule has 0 saturated carbocycles. The Bertz CT molecular complexity index is 604. The Morgan fingerprint density at radius 1 is 1.33 bits per heavy atom. The van der Waals surface area contributed by atoms with Gasteiger partial charge in [-0.05, 0) is 5.92 Å². The summed E-state index contributed by atoms with van der Waals surface area (Å²) in [5.74, 6) is -1.73. The Morgan fingerprint density at radius 2 is 1.90 bits per heavy atom. The average molecular weight is 334 g/mol. The number of nitro groups is 1. The molecule has 0 heterocycles. The van der Waals surface area contributed by atoms with E-state index in [0.29, 0.717) is 0 Å². The van der Waals surface area contributed by atoms with Gasteiger partial charge in [0.15, 0.2) is 0 Å². The summed E-state index contributed by atoms with van der Waals surface area (Å²) in [7, 11) is 0. The van der Waals surface area contributed by atoms with Gasteiger partial charge in [0.05, 0.1) is 20.5 Å². The highest BCUT2D eigenvalue weighted by Crippen LogP contribution is 2.30. The van der Waals surface area contributed by atoms with Crippen LogP contribution in [-0.2, 0) is 4.79 Å². The first-order valence-corrected chi connectivity index (χ1v) is 6.64. The molecule has 0 aliphatic rings. The van der Waals surface area contributed by atoms with E-state index >= 15 is 0 Å². The number of rotatable bonds is 5. The number of primary amides is 1. The number of hydrogen-bond donors (Lipinski definition) is 2. The van der Waals surface area contributed by atoms with Crippen LogP contribution in [0.4, 0.5) is 5.69 Å². The molecule has 114 valence electrons. The maximum Gasteiger partial charge on any atom is 0.271 e. The van der Waals surface area contributed by atoms with Gasteiger partial charge >= 0.3 is 0 Å². The quantitative estimate of drug-likeness (QED) is 0.634. The molecule has 0 radical (unpaired) electrons. The van der Waals surface area contributed by atoms with Gasteiger partial charge < -0.3 is 11.1 Å². The van der Waals surface area contributed by atoms with Crippen LogP contribution >= 0.6 is 23.2 Å². The molecule has 0 aliphatic heterocycles. The number of carbonyl (C=O) groups excluding carboxylic acids is 2. The molecule has 21 heavy (non-hydrogen) atoms. The van der Waals surface area contributed by atoms with Gasteiger partial charge in [-0.15, -0.1) is 0 Å². The van der Waals surface area contributed by atoms with Gasteiger partial charge in [0, 0.05) is 12.1 Å². The molecule has 9 heteroatoms. The van der Waals surface area contributed by atoms with Crippen LogP contribution < -0.4 is 11.1 Å². The first-order valence-electron chi connectivity index (χ1n) is 5.88. The number of benzene rings is 1. The molecular weight excluding hydrogens is 321 g/mol. The summed E-state index contributed by atoms with van der Waals surface area (Å²) in [5.41, 5.74) is 4.62. The van der Waals surface area contributed by atoms with Gasteiger partial charge in [0.2, 0.25) is 5.91 Å². The minimum absolute atomic E-state index is 0.129. The van der Waals surface area contributed by atoms with E-state index in [1.807, 2.05) is 0 Å². The average Bonchev–Trinajstić information content (AvgIpc) is 2.37. The van der Waals surface area contributed by atoms with Crippen LogP contribution in [-0.4, -0.2) is 22.8 Å². The molecule has 0 fully saturated rings. The van der Waals surface area contributed by atoms with Gasteiger partial charge in [-0.3, -0.25) is 19.7 Å². The lowest BCUT2D eigenvalue weighted by molar-refractivity contribution is -0.384. The normalized spacial score (nSPS) is 12.0. The summed E-state index contributed by atoms with van der Waals surface area (Å²) in [5, 5.41) is 12.9. The third-order valence-corrected chi connectivity index (χ3v) is 3.53. The molecule has 1 aromatic rings. The first kappa shape index (κ1) is 17.2. The van der Waals surface area contributed by atoms with Crippen molar-refractivity contribution in [2.45, 2.75) is 19.9 Å². The topological polar surface area (TPSA) is 115 Å². The van der Waals surface area contributed by atoms with E-state index in [1.54, 1.807) is 13.8 Å². The summed E-state index contributed by atoms with van der Waals surface area (Å²) in [6.45, 7) is 3.38. The standard InChI is InChI=1S/C12H13Cl2N3O4/c1-5(2)10(11(15)18)16-12(19)7-3-6(17(20)21)4-8(13)9(7)14/h3-5,10H,1-2H3,(H2,15,18)(H,16,19). The second-order valence-corrected chi connectivity index (χ2v) is 5.43. The van der Waals surface area contributed by atoms with Gasteiger partial charge in [0.1, 0.15) is 6.04 Å². The number of nitrogens with two attached hydrogens (primary N) is 1. The molecule has 0 aromatic heterocycles. The second-order valence-electron chi connectivity index (χ2n) is 4.64. The molecule has 0 spiro atoms. The molecular formula is C12H13Cl2N3O4. The van der Waals surface area contributed by atoms with E-state index in [4.69, 9.17) is 28.9 Å². The molecule has 0 saturated heterocycles. The fourth-order valence-electron chi connectivity index (χ4n) is 1.63. The zero-order valence-corrected chi connectivity index (χ0v) is 12.7. The number of carbonyl (C=O) groups is 2. The Hall–Kier alpha value is -1.86. The molecule has 7 nitrogen and oxygen atoms in total. The van der Waals surface area contributed by atoms with Crippen molar-refractivity contribution in [1.82, 2.24) is 5.32 Å². The number of non-ortho nitro benzene ring substituents is 1. The van der Waals surface area contributed by atoms with Crippen LogP contribution in [0.1, 0.15) is 24.2 Å². The predicted molar refractivity (Wildman–Crippen MR) is 78.4 cm³/mol. The molecule has 2 amide bonds. The SMILES string of the molecule is CC(C)C(NC(=O)c1cc([N+](=O)[O-])cc(Cl)c1Cl)C(N)=O. The van der Waals surface area contributed by atoms with Crippen LogP contribution in [0.25, 0.3) is 0 Å². The van der Waals surface area contributed by atoms with Crippen LogP contribution in [0.3, 0.4) is 0 Å². The van der Waals surface area contributed by atoms with Crippen LogP contribution in [0.2, 0.25) is 10.0 Å². The summed E-state index contributed by atoms with van der Waals surface area (Å²) in [6, 6.07) is 1.10. The van der Waals surface area contributed by atoms with E-state index in [0.717, 1.165) is 12.1 Å². The summed E-state index contributed by atoms with van der Waals surface area (Å²) in [6.07, 6.45) is 0. The van der Waals surface area contributed by atoms with Crippen molar-refractivity contribution in [2.24, 2.45) is 11.7 Å². The minimum atomic E-state index is -0.924. The van der Waals surface area contributed by atoms with Crippen molar-refractivity contribution >= 4 is 40.7 Å². The molecule has 0 bridgehead atoms. The zero-order chi connectivity index (χ0) is 16.3. The van der Waals surface area contributed by atoms with E-state index in [2.05, 4.69) is 5.32 Å². The summed E-state index contributed by atoms with van der Waals surface area (Å²) < 4.78 is 0. The first-order chi connectivity index (χ1) is 9.65. The maximum atomic E-state index is 12.1. The zero-order valence-electron chi connectivity index (χ0n) is 11.2. The van der Waals surface area contributed by atoms with Crippen molar-refractivity contribution in [2.75, 3.05) is 0 Å². The Balaban J connectivity index is 3.18. The molecule has 0 aliphatic carbocycles. The fraction of sp³-hybridized carbons (Fsp3) is 0.333. The number of nitrogens with one attached hydrogen (secondary N) is 1. The monoisotopic (exact) mass is 333 g/mol. The summed E-state index contributed by atoms with van der Waals surface area (Å²) >= 11 is 11.6. The second kappa shape index (κ2) is 6.73. The third kappa shape index (κ3) is 4.05. The van der Waals surface area contributed by atoms with E-state index in [9.17, 15) is 19.7 Å². The third-order valence-electron chi connectivity index (χ3n) is 2.73. The lowest BCUT2D eigenvalue weighted by atomic mass is 10.0. The van der Waals surface area contributed by atoms with Crippen molar-refractivity contribution < 1.29 is 14.5 Å². The Kier molecular flexibility index (Phi) is 5.51. The lowest BCUT2D eigenvalue weighted by Gasteiger charge is -2.19. The van der Waals surface area contributed by atoms with Crippen LogP contribution in [0.5, 0.6) is 0 Å². The summed E-state index contributed by atoms with van der Waals surface area (Å²) in [4.78, 5) is 33.5. The number of halogens is 2. The number of hydrogen-bond acceptors (Lipinski definition) is 4. The van der Waals surface area contributed by atoms with Gasteiger partial charge in [0.25, 0.3) is 11.6 Å². The highest BCUT2D eigenvalue weighted by Gasteiger charge is 2.25. The van der Waals surface area contributed by atoms with Crippen molar-refractivity contribution in [3.8, 4) is 0 Å². The number of amides is 2. The van der Waals surface area contributed by atoms with Gasteiger partial charge in [-0.2, -0.15) is 0 Å². The maximum absolute atomic E-state index is 12.1. The van der Waals surface area contributed by atoms with Crippen molar-refractivity contribution in [1.29, 1.82) is 0 Å².